The first-order chi connectivity index (χ1) is 12.0. The van der Waals surface area contributed by atoms with Gasteiger partial charge in [0.2, 0.25) is 0 Å². The summed E-state index contributed by atoms with van der Waals surface area (Å²) in [5.74, 6) is -0.322. The van der Waals surface area contributed by atoms with E-state index in [1.165, 1.54) is 16.8 Å². The molecule has 0 aliphatic rings. The van der Waals surface area contributed by atoms with Gasteiger partial charge in [-0.25, -0.2) is 14.1 Å². The Balaban J connectivity index is 2.20. The van der Waals surface area contributed by atoms with Crippen molar-refractivity contribution in [2.24, 2.45) is 5.73 Å². The fourth-order valence-corrected chi connectivity index (χ4v) is 2.49. The maximum atomic E-state index is 14.1. The molecule has 0 saturated carbocycles. The summed E-state index contributed by atoms with van der Waals surface area (Å²) in [4.78, 5) is 17.2. The van der Waals surface area contributed by atoms with E-state index in [9.17, 15) is 9.18 Å². The molecule has 7 heteroatoms. The van der Waals surface area contributed by atoms with Crippen LogP contribution < -0.4 is 16.7 Å². The molecule has 0 bridgehead atoms. The number of hydrogen-bond acceptors (Lipinski definition) is 5. The minimum atomic E-state index is -0.637. The predicted octanol–water partition coefficient (Wildman–Crippen LogP) is 2.69. The van der Waals surface area contributed by atoms with Crippen LogP contribution in [0.25, 0.3) is 10.9 Å². The first-order valence-electron chi connectivity index (χ1n) is 7.79. The van der Waals surface area contributed by atoms with Crippen LogP contribution >= 0.6 is 0 Å². The first kappa shape index (κ1) is 16.6. The summed E-state index contributed by atoms with van der Waals surface area (Å²) in [5, 5.41) is 8.77. The molecule has 3 rings (SSSR count). The topological polar surface area (TPSA) is 96.7 Å². The number of nitriles is 1. The maximum Gasteiger partial charge on any atom is 0.283 e. The molecule has 3 N–H and O–H groups in total. The van der Waals surface area contributed by atoms with E-state index in [1.807, 2.05) is 13.0 Å². The summed E-state index contributed by atoms with van der Waals surface area (Å²) in [6.07, 6.45) is 0.558. The Morgan fingerprint density at radius 2 is 2.04 bits per heavy atom. The summed E-state index contributed by atoms with van der Waals surface area (Å²) >= 11 is 0. The summed E-state index contributed by atoms with van der Waals surface area (Å²) < 4.78 is 15.3. The highest BCUT2D eigenvalue weighted by atomic mass is 19.1. The van der Waals surface area contributed by atoms with Crippen LogP contribution in [-0.2, 0) is 0 Å². The Kier molecular flexibility index (Phi) is 4.46. The summed E-state index contributed by atoms with van der Waals surface area (Å²) in [6.45, 7) is 1.87. The van der Waals surface area contributed by atoms with E-state index in [-0.39, 0.29) is 10.9 Å². The van der Waals surface area contributed by atoms with Crippen molar-refractivity contribution in [3.63, 3.8) is 0 Å². The average molecular weight is 337 g/mol. The largest absolute Gasteiger partial charge is 0.321 e. The Morgan fingerprint density at radius 1 is 1.32 bits per heavy atom. The SMILES string of the molecule is CC[C@H](N)c1nc2cccc(F)c2c(=O)n1Nc1ccc(C#N)cc1. The second-order valence-corrected chi connectivity index (χ2v) is 5.56. The third kappa shape index (κ3) is 3.07. The first-order valence-corrected chi connectivity index (χ1v) is 7.79. The van der Waals surface area contributed by atoms with E-state index in [4.69, 9.17) is 11.0 Å². The number of nitrogens with two attached hydrogens (primary N) is 1. The lowest BCUT2D eigenvalue weighted by Gasteiger charge is -2.18. The van der Waals surface area contributed by atoms with Crippen LogP contribution in [0.1, 0.15) is 30.8 Å². The summed E-state index contributed by atoms with van der Waals surface area (Å²) in [5.41, 5.74) is 9.76. The molecule has 0 radical (unpaired) electrons. The highest BCUT2D eigenvalue weighted by Gasteiger charge is 2.18. The number of hydrogen-bond donors (Lipinski definition) is 2. The normalized spacial score (nSPS) is 11.9. The van der Waals surface area contributed by atoms with Crippen LogP contribution in [0.3, 0.4) is 0 Å². The van der Waals surface area contributed by atoms with Gasteiger partial charge in [0.05, 0.1) is 28.9 Å². The standard InChI is InChI=1S/C18H16FN5O/c1-2-14(21)17-22-15-5-3-4-13(19)16(15)18(25)24(17)23-12-8-6-11(10-20)7-9-12/h3-9,14,23H,2,21H2,1H3/t14-/m0/s1. The third-order valence-corrected chi connectivity index (χ3v) is 3.90. The molecule has 0 saturated heterocycles. The number of fused-ring (bicyclic) bond motifs is 1. The van der Waals surface area contributed by atoms with Crippen LogP contribution in [0.15, 0.2) is 47.3 Å². The average Bonchev–Trinajstić information content (AvgIpc) is 2.63. The zero-order chi connectivity index (χ0) is 18.0. The zero-order valence-electron chi connectivity index (χ0n) is 13.5. The van der Waals surface area contributed by atoms with Crippen molar-refractivity contribution >= 4 is 16.6 Å². The number of rotatable bonds is 4. The third-order valence-electron chi connectivity index (χ3n) is 3.90. The van der Waals surface area contributed by atoms with Crippen LogP contribution in [0.2, 0.25) is 0 Å². The van der Waals surface area contributed by atoms with Gasteiger partial charge >= 0.3 is 0 Å². The molecule has 0 unspecified atom stereocenters. The van der Waals surface area contributed by atoms with Gasteiger partial charge in [0.25, 0.3) is 5.56 Å². The molecule has 2 aromatic carbocycles. The van der Waals surface area contributed by atoms with E-state index >= 15 is 0 Å². The molecule has 1 atom stereocenters. The summed E-state index contributed by atoms with van der Waals surface area (Å²) in [7, 11) is 0. The van der Waals surface area contributed by atoms with Crippen molar-refractivity contribution in [1.29, 1.82) is 5.26 Å². The molecule has 0 amide bonds. The van der Waals surface area contributed by atoms with E-state index in [0.717, 1.165) is 0 Å². The number of benzene rings is 2. The number of anilines is 1. The predicted molar refractivity (Wildman–Crippen MR) is 93.4 cm³/mol. The van der Waals surface area contributed by atoms with Crippen molar-refractivity contribution in [2.45, 2.75) is 19.4 Å². The zero-order valence-corrected chi connectivity index (χ0v) is 13.5. The molecule has 1 aromatic heterocycles. The van der Waals surface area contributed by atoms with Crippen LogP contribution in [0.5, 0.6) is 0 Å². The van der Waals surface area contributed by atoms with Crippen molar-refractivity contribution in [2.75, 3.05) is 5.43 Å². The highest BCUT2D eigenvalue weighted by Crippen LogP contribution is 2.18. The number of nitrogens with one attached hydrogen (secondary N) is 1. The second-order valence-electron chi connectivity index (χ2n) is 5.56. The monoisotopic (exact) mass is 337 g/mol. The molecule has 1 heterocycles. The lowest BCUT2D eigenvalue weighted by molar-refractivity contribution is 0.601. The molecule has 0 aliphatic carbocycles. The lowest BCUT2D eigenvalue weighted by Crippen LogP contribution is -2.34. The number of aromatic nitrogens is 2. The molecule has 25 heavy (non-hydrogen) atoms. The highest BCUT2D eigenvalue weighted by molar-refractivity contribution is 5.78. The molecule has 0 aliphatic heterocycles. The molecule has 0 spiro atoms. The molecule has 0 fully saturated rings. The van der Waals surface area contributed by atoms with Gasteiger partial charge in [-0.2, -0.15) is 5.26 Å². The lowest BCUT2D eigenvalue weighted by atomic mass is 10.2. The van der Waals surface area contributed by atoms with Crippen molar-refractivity contribution in [3.8, 4) is 6.07 Å². The van der Waals surface area contributed by atoms with E-state index in [0.29, 0.717) is 23.5 Å². The molecular weight excluding hydrogens is 321 g/mol. The minimum absolute atomic E-state index is 0.101. The van der Waals surface area contributed by atoms with Gasteiger partial charge in [-0.05, 0) is 42.8 Å². The second kappa shape index (κ2) is 6.71. The van der Waals surface area contributed by atoms with Gasteiger partial charge in [-0.15, -0.1) is 0 Å². The molecule has 3 aromatic rings. The molecule has 6 nitrogen and oxygen atoms in total. The van der Waals surface area contributed by atoms with Crippen molar-refractivity contribution in [3.05, 3.63) is 70.0 Å². The van der Waals surface area contributed by atoms with Gasteiger partial charge in [0, 0.05) is 0 Å². The minimum Gasteiger partial charge on any atom is -0.321 e. The Morgan fingerprint density at radius 3 is 2.68 bits per heavy atom. The van der Waals surface area contributed by atoms with Gasteiger partial charge in [-0.1, -0.05) is 13.0 Å². The van der Waals surface area contributed by atoms with Crippen LogP contribution in [0, 0.1) is 17.1 Å². The van der Waals surface area contributed by atoms with Crippen LogP contribution in [0.4, 0.5) is 10.1 Å². The quantitative estimate of drug-likeness (QED) is 0.763. The van der Waals surface area contributed by atoms with Crippen molar-refractivity contribution in [1.82, 2.24) is 9.66 Å². The van der Waals surface area contributed by atoms with Gasteiger partial charge in [0.15, 0.2) is 0 Å². The fraction of sp³-hybridized carbons (Fsp3) is 0.167. The smallest absolute Gasteiger partial charge is 0.283 e. The van der Waals surface area contributed by atoms with Crippen LogP contribution in [-0.4, -0.2) is 9.66 Å². The van der Waals surface area contributed by atoms with Crippen molar-refractivity contribution < 1.29 is 4.39 Å². The Bertz CT molecular complexity index is 1020. The van der Waals surface area contributed by atoms with E-state index in [1.54, 1.807) is 30.3 Å². The molecular formula is C18H16FN5O. The maximum absolute atomic E-state index is 14.1. The fourth-order valence-electron chi connectivity index (χ4n) is 2.49. The van der Waals surface area contributed by atoms with E-state index in [2.05, 4.69) is 10.4 Å². The number of halogens is 1. The van der Waals surface area contributed by atoms with Gasteiger partial charge in [0.1, 0.15) is 17.0 Å². The Hall–Kier alpha value is -3.24. The Labute approximate surface area is 143 Å². The summed E-state index contributed by atoms with van der Waals surface area (Å²) in [6, 6.07) is 12.4. The van der Waals surface area contributed by atoms with Gasteiger partial charge in [-0.3, -0.25) is 10.2 Å². The van der Waals surface area contributed by atoms with Gasteiger partial charge < -0.3 is 5.73 Å². The van der Waals surface area contributed by atoms with E-state index < -0.39 is 17.4 Å². The number of nitrogens with zero attached hydrogens (tertiary/aromatic N) is 3. The molecule has 126 valence electrons.